The lowest BCUT2D eigenvalue weighted by atomic mass is 10.2. The van der Waals surface area contributed by atoms with Gasteiger partial charge >= 0.3 is 0 Å². The third-order valence-electron chi connectivity index (χ3n) is 3.17. The van der Waals surface area contributed by atoms with Gasteiger partial charge in [0.1, 0.15) is 6.04 Å². The van der Waals surface area contributed by atoms with Crippen molar-refractivity contribution in [2.45, 2.75) is 19.0 Å². The quantitative estimate of drug-likeness (QED) is 0.630. The summed E-state index contributed by atoms with van der Waals surface area (Å²) in [7, 11) is -2.97. The predicted octanol–water partition coefficient (Wildman–Crippen LogP) is -1.38. The van der Waals surface area contributed by atoms with E-state index in [2.05, 4.69) is 5.32 Å². The average Bonchev–Trinajstić information content (AvgIpc) is 2.28. The second kappa shape index (κ2) is 4.91. The molecule has 2 rings (SSSR count). The van der Waals surface area contributed by atoms with Crippen molar-refractivity contribution in [3.05, 3.63) is 0 Å². The first-order valence-corrected chi connectivity index (χ1v) is 7.64. The van der Waals surface area contributed by atoms with Crippen molar-refractivity contribution in [2.24, 2.45) is 0 Å². The maximum absolute atomic E-state index is 12.2. The van der Waals surface area contributed by atoms with Crippen molar-refractivity contribution in [3.63, 3.8) is 0 Å². The van der Waals surface area contributed by atoms with E-state index in [1.807, 2.05) is 0 Å². The first-order chi connectivity index (χ1) is 7.99. The maximum Gasteiger partial charge on any atom is 0.242 e. The summed E-state index contributed by atoms with van der Waals surface area (Å²) in [6, 6.07) is -0.572. The minimum Gasteiger partial charge on any atom is -0.378 e. The predicted molar refractivity (Wildman–Crippen MR) is 62.4 cm³/mol. The van der Waals surface area contributed by atoms with E-state index in [0.29, 0.717) is 26.3 Å². The third-order valence-corrected chi connectivity index (χ3v) is 4.97. The van der Waals surface area contributed by atoms with Gasteiger partial charge in [-0.25, -0.2) is 8.42 Å². The molecular formula is C10H18N2O4S. The highest BCUT2D eigenvalue weighted by atomic mass is 32.2. The molecule has 1 amide bonds. The lowest BCUT2D eigenvalue weighted by molar-refractivity contribution is -0.137. The summed E-state index contributed by atoms with van der Waals surface area (Å²) < 4.78 is 28.1. The van der Waals surface area contributed by atoms with Crippen LogP contribution in [0.5, 0.6) is 0 Å². The van der Waals surface area contributed by atoms with Crippen LogP contribution in [0.25, 0.3) is 0 Å². The summed E-state index contributed by atoms with van der Waals surface area (Å²) in [6.07, 6.45) is 0. The third kappa shape index (κ3) is 2.97. The molecule has 0 aromatic heterocycles. The number of rotatable bonds is 1. The van der Waals surface area contributed by atoms with E-state index >= 15 is 0 Å². The van der Waals surface area contributed by atoms with E-state index in [9.17, 15) is 13.2 Å². The van der Waals surface area contributed by atoms with Crippen LogP contribution < -0.4 is 5.32 Å². The fraction of sp³-hybridized carbons (Fsp3) is 0.900. The molecule has 2 heterocycles. The molecular weight excluding hydrogens is 244 g/mol. The van der Waals surface area contributed by atoms with Gasteiger partial charge in [0.2, 0.25) is 5.91 Å². The number of sulfone groups is 1. The molecule has 0 saturated carbocycles. The van der Waals surface area contributed by atoms with Gasteiger partial charge in [0.15, 0.2) is 9.84 Å². The Labute approximate surface area is 101 Å². The first-order valence-electron chi connectivity index (χ1n) is 5.81. The van der Waals surface area contributed by atoms with Crippen LogP contribution >= 0.6 is 0 Å². The molecule has 2 aliphatic rings. The molecule has 0 spiro atoms. The van der Waals surface area contributed by atoms with Gasteiger partial charge in [0, 0.05) is 19.1 Å². The minimum atomic E-state index is -2.97. The molecule has 2 atom stereocenters. The largest absolute Gasteiger partial charge is 0.378 e. The SMILES string of the molecule is CC1CS(=O)(=O)CCN1C(=O)C1COCCN1. The lowest BCUT2D eigenvalue weighted by Gasteiger charge is -2.36. The normalized spacial score (nSPS) is 33.4. The first kappa shape index (κ1) is 12.8. The molecule has 1 N–H and O–H groups in total. The van der Waals surface area contributed by atoms with Crippen molar-refractivity contribution in [3.8, 4) is 0 Å². The number of nitrogens with zero attached hydrogens (tertiary/aromatic N) is 1. The van der Waals surface area contributed by atoms with Gasteiger partial charge in [-0.2, -0.15) is 0 Å². The lowest BCUT2D eigenvalue weighted by Crippen LogP contribution is -2.58. The van der Waals surface area contributed by atoms with Crippen molar-refractivity contribution in [1.82, 2.24) is 10.2 Å². The molecule has 6 nitrogen and oxygen atoms in total. The van der Waals surface area contributed by atoms with E-state index in [-0.39, 0.29) is 29.5 Å². The number of hydrogen-bond acceptors (Lipinski definition) is 5. The molecule has 0 aliphatic carbocycles. The Morgan fingerprint density at radius 2 is 2.24 bits per heavy atom. The summed E-state index contributed by atoms with van der Waals surface area (Å²) in [6.45, 7) is 3.72. The van der Waals surface area contributed by atoms with Crippen LogP contribution in [0.3, 0.4) is 0 Å². The van der Waals surface area contributed by atoms with Crippen molar-refractivity contribution in [1.29, 1.82) is 0 Å². The van der Waals surface area contributed by atoms with Gasteiger partial charge < -0.3 is 15.0 Å². The average molecular weight is 262 g/mol. The number of amides is 1. The van der Waals surface area contributed by atoms with E-state index in [1.54, 1.807) is 11.8 Å². The molecule has 0 bridgehead atoms. The smallest absolute Gasteiger partial charge is 0.242 e. The molecule has 17 heavy (non-hydrogen) atoms. The molecule has 2 unspecified atom stereocenters. The number of carbonyl (C=O) groups is 1. The highest BCUT2D eigenvalue weighted by Gasteiger charge is 2.35. The zero-order chi connectivity index (χ0) is 12.5. The summed E-state index contributed by atoms with van der Waals surface area (Å²) >= 11 is 0. The minimum absolute atomic E-state index is 0.0490. The van der Waals surface area contributed by atoms with Crippen LogP contribution in [0.4, 0.5) is 0 Å². The molecule has 7 heteroatoms. The van der Waals surface area contributed by atoms with Crippen molar-refractivity contribution < 1.29 is 17.9 Å². The number of nitrogens with one attached hydrogen (secondary N) is 1. The van der Waals surface area contributed by atoms with Gasteiger partial charge in [0.05, 0.1) is 24.7 Å². The van der Waals surface area contributed by atoms with Gasteiger partial charge in [-0.3, -0.25) is 4.79 Å². The Hall–Kier alpha value is -0.660. The van der Waals surface area contributed by atoms with Crippen LogP contribution in [0.2, 0.25) is 0 Å². The van der Waals surface area contributed by atoms with Crippen molar-refractivity contribution >= 4 is 15.7 Å². The monoisotopic (exact) mass is 262 g/mol. The molecule has 0 aromatic carbocycles. The van der Waals surface area contributed by atoms with Crippen LogP contribution in [0, 0.1) is 0 Å². The van der Waals surface area contributed by atoms with Crippen LogP contribution in [0.1, 0.15) is 6.92 Å². The number of hydrogen-bond donors (Lipinski definition) is 1. The van der Waals surface area contributed by atoms with E-state index in [4.69, 9.17) is 4.74 Å². The second-order valence-electron chi connectivity index (χ2n) is 4.58. The summed E-state index contributed by atoms with van der Waals surface area (Å²) in [5, 5.41) is 3.09. The van der Waals surface area contributed by atoms with Crippen LogP contribution in [-0.4, -0.2) is 69.1 Å². The summed E-state index contributed by atoms with van der Waals surface area (Å²) in [5.74, 6) is 0.0790. The molecule has 2 fully saturated rings. The van der Waals surface area contributed by atoms with E-state index in [0.717, 1.165) is 0 Å². The fourth-order valence-corrected chi connectivity index (χ4v) is 3.81. The molecule has 0 aromatic rings. The molecule has 0 radical (unpaired) electrons. The van der Waals surface area contributed by atoms with E-state index < -0.39 is 9.84 Å². The van der Waals surface area contributed by atoms with Crippen LogP contribution in [0.15, 0.2) is 0 Å². The maximum atomic E-state index is 12.2. The number of morpholine rings is 1. The second-order valence-corrected chi connectivity index (χ2v) is 6.81. The molecule has 2 saturated heterocycles. The Morgan fingerprint density at radius 1 is 1.47 bits per heavy atom. The Balaban J connectivity index is 2.00. The van der Waals surface area contributed by atoms with Gasteiger partial charge in [0.25, 0.3) is 0 Å². The Bertz CT molecular complexity index is 389. The molecule has 2 aliphatic heterocycles. The summed E-state index contributed by atoms with van der Waals surface area (Å²) in [4.78, 5) is 13.8. The fourth-order valence-electron chi connectivity index (χ4n) is 2.25. The van der Waals surface area contributed by atoms with E-state index in [1.165, 1.54) is 0 Å². The Kier molecular flexibility index (Phi) is 3.70. The topological polar surface area (TPSA) is 75.7 Å². The van der Waals surface area contributed by atoms with Crippen molar-refractivity contribution in [2.75, 3.05) is 37.8 Å². The highest BCUT2D eigenvalue weighted by molar-refractivity contribution is 7.91. The summed E-state index contributed by atoms with van der Waals surface area (Å²) in [5.41, 5.74) is 0. The standard InChI is InChI=1S/C10H18N2O4S/c1-8-7-17(14,15)5-3-12(8)10(13)9-6-16-4-2-11-9/h8-9,11H,2-7H2,1H3. The van der Waals surface area contributed by atoms with Crippen LogP contribution in [-0.2, 0) is 19.4 Å². The van der Waals surface area contributed by atoms with Gasteiger partial charge in [-0.1, -0.05) is 0 Å². The number of carbonyl (C=O) groups excluding carboxylic acids is 1. The number of ether oxygens (including phenoxy) is 1. The zero-order valence-electron chi connectivity index (χ0n) is 9.89. The zero-order valence-corrected chi connectivity index (χ0v) is 10.7. The molecule has 98 valence electrons. The Morgan fingerprint density at radius 3 is 2.82 bits per heavy atom. The highest BCUT2D eigenvalue weighted by Crippen LogP contribution is 2.13. The van der Waals surface area contributed by atoms with Gasteiger partial charge in [-0.15, -0.1) is 0 Å². The van der Waals surface area contributed by atoms with Gasteiger partial charge in [-0.05, 0) is 6.92 Å².